The van der Waals surface area contributed by atoms with Gasteiger partial charge >= 0.3 is 0 Å². The monoisotopic (exact) mass is 306 g/mol. The lowest BCUT2D eigenvalue weighted by molar-refractivity contribution is 0.0938. The van der Waals surface area contributed by atoms with Gasteiger partial charge in [0.1, 0.15) is 0 Å². The zero-order chi connectivity index (χ0) is 14.4. The van der Waals surface area contributed by atoms with Crippen LogP contribution in [0.3, 0.4) is 0 Å². The van der Waals surface area contributed by atoms with E-state index in [0.29, 0.717) is 12.1 Å². The summed E-state index contributed by atoms with van der Waals surface area (Å²) >= 11 is 3.42. The highest BCUT2D eigenvalue weighted by Crippen LogP contribution is 2.27. The normalized spacial score (nSPS) is 12.1. The lowest BCUT2D eigenvalue weighted by atomic mass is 10.2. The van der Waals surface area contributed by atoms with E-state index in [4.69, 9.17) is 5.73 Å². The van der Waals surface area contributed by atoms with Crippen molar-refractivity contribution in [1.29, 1.82) is 0 Å². The van der Waals surface area contributed by atoms with Crippen molar-refractivity contribution >= 4 is 29.0 Å². The second-order valence-corrected chi connectivity index (χ2v) is 6.52. The molecule has 2 rings (SSSR count). The molecule has 1 aromatic heterocycles. The largest absolute Gasteiger partial charge is 0.348 e. The Bertz CT molecular complexity index is 555. The first-order chi connectivity index (χ1) is 9.70. The number of hydrogen-bond donors (Lipinski definition) is 2. The Morgan fingerprint density at radius 3 is 2.85 bits per heavy atom. The topological polar surface area (TPSA) is 55.1 Å². The number of thiophene rings is 1. The van der Waals surface area contributed by atoms with Crippen molar-refractivity contribution in [2.24, 2.45) is 5.73 Å². The fourth-order valence-corrected chi connectivity index (χ4v) is 3.51. The summed E-state index contributed by atoms with van der Waals surface area (Å²) in [4.78, 5) is 14.5. The van der Waals surface area contributed by atoms with Crippen LogP contribution >= 0.6 is 23.1 Å². The van der Waals surface area contributed by atoms with Gasteiger partial charge < -0.3 is 11.1 Å². The number of hydrogen-bond acceptors (Lipinski definition) is 4. The third-order valence-electron chi connectivity index (χ3n) is 2.81. The van der Waals surface area contributed by atoms with Crippen molar-refractivity contribution in [2.75, 3.05) is 6.54 Å². The van der Waals surface area contributed by atoms with E-state index in [1.807, 2.05) is 37.3 Å². The Balaban J connectivity index is 2.07. The molecule has 0 spiro atoms. The zero-order valence-electron chi connectivity index (χ0n) is 11.3. The molecule has 0 unspecified atom stereocenters. The number of benzene rings is 1. The third-order valence-corrected chi connectivity index (χ3v) is 4.99. The van der Waals surface area contributed by atoms with Crippen molar-refractivity contribution in [3.8, 4) is 0 Å². The molecule has 5 heteroatoms. The molecule has 0 fully saturated rings. The highest BCUT2D eigenvalue weighted by Gasteiger charge is 2.13. The maximum atomic E-state index is 12.2. The van der Waals surface area contributed by atoms with E-state index in [2.05, 4.69) is 16.8 Å². The number of nitrogens with two attached hydrogens (primary N) is 1. The molecule has 1 amide bonds. The number of amides is 1. The fourth-order valence-electron chi connectivity index (χ4n) is 1.68. The molecule has 0 saturated carbocycles. The van der Waals surface area contributed by atoms with Crippen LogP contribution in [0.5, 0.6) is 0 Å². The maximum Gasteiger partial charge on any atom is 0.252 e. The smallest absolute Gasteiger partial charge is 0.252 e. The molecular weight excluding hydrogens is 288 g/mol. The van der Waals surface area contributed by atoms with Crippen molar-refractivity contribution in [1.82, 2.24) is 5.32 Å². The fraction of sp³-hybridized carbons (Fsp3) is 0.267. The Morgan fingerprint density at radius 1 is 1.35 bits per heavy atom. The van der Waals surface area contributed by atoms with Crippen LogP contribution in [0.4, 0.5) is 0 Å². The molecule has 0 bridgehead atoms. The molecular formula is C15H18N2OS2. The van der Waals surface area contributed by atoms with Gasteiger partial charge in [-0.1, -0.05) is 18.2 Å². The summed E-state index contributed by atoms with van der Waals surface area (Å²) in [6.45, 7) is 2.34. The van der Waals surface area contributed by atoms with E-state index in [9.17, 15) is 4.79 Å². The van der Waals surface area contributed by atoms with E-state index >= 15 is 0 Å². The van der Waals surface area contributed by atoms with Gasteiger partial charge in [0, 0.05) is 28.1 Å². The SMILES string of the molecule is C[C@@H](CN)NC(=O)c1ccccc1SCc1cccs1. The zero-order valence-corrected chi connectivity index (χ0v) is 13.0. The van der Waals surface area contributed by atoms with Gasteiger partial charge in [-0.2, -0.15) is 0 Å². The first-order valence-electron chi connectivity index (χ1n) is 6.46. The highest BCUT2D eigenvalue weighted by molar-refractivity contribution is 7.98. The van der Waals surface area contributed by atoms with Crippen LogP contribution in [-0.2, 0) is 5.75 Å². The second-order valence-electron chi connectivity index (χ2n) is 4.47. The van der Waals surface area contributed by atoms with Crippen LogP contribution in [0.1, 0.15) is 22.2 Å². The van der Waals surface area contributed by atoms with Crippen LogP contribution in [0.15, 0.2) is 46.7 Å². The van der Waals surface area contributed by atoms with Crippen LogP contribution in [0.2, 0.25) is 0 Å². The molecule has 3 nitrogen and oxygen atoms in total. The standard InChI is InChI=1S/C15H18N2OS2/c1-11(9-16)17-15(18)13-6-2-3-7-14(13)20-10-12-5-4-8-19-12/h2-8,11H,9-10,16H2,1H3,(H,17,18)/t11-/m0/s1. The van der Waals surface area contributed by atoms with Crippen LogP contribution in [0, 0.1) is 0 Å². The van der Waals surface area contributed by atoms with Crippen molar-refractivity contribution in [2.45, 2.75) is 23.6 Å². The highest BCUT2D eigenvalue weighted by atomic mass is 32.2. The van der Waals surface area contributed by atoms with E-state index in [1.54, 1.807) is 23.1 Å². The van der Waals surface area contributed by atoms with Gasteiger partial charge in [-0.25, -0.2) is 0 Å². The van der Waals surface area contributed by atoms with Gasteiger partial charge in [-0.3, -0.25) is 4.79 Å². The molecule has 1 heterocycles. The van der Waals surface area contributed by atoms with Crippen LogP contribution in [-0.4, -0.2) is 18.5 Å². The van der Waals surface area contributed by atoms with Crippen LogP contribution in [0.25, 0.3) is 0 Å². The summed E-state index contributed by atoms with van der Waals surface area (Å²) in [7, 11) is 0. The van der Waals surface area contributed by atoms with Crippen LogP contribution < -0.4 is 11.1 Å². The number of carbonyl (C=O) groups excluding carboxylic acids is 1. The van der Waals surface area contributed by atoms with E-state index in [-0.39, 0.29) is 11.9 Å². The average Bonchev–Trinajstić information content (AvgIpc) is 2.98. The predicted octanol–water partition coefficient (Wildman–Crippen LogP) is 3.12. The maximum absolute atomic E-state index is 12.2. The summed E-state index contributed by atoms with van der Waals surface area (Å²) in [5.41, 5.74) is 6.26. The van der Waals surface area contributed by atoms with Gasteiger partial charge in [-0.05, 0) is 30.5 Å². The van der Waals surface area contributed by atoms with Crippen molar-refractivity contribution in [3.05, 3.63) is 52.2 Å². The first kappa shape index (κ1) is 15.1. The molecule has 0 aliphatic carbocycles. The van der Waals surface area contributed by atoms with Gasteiger partial charge in [0.25, 0.3) is 5.91 Å². The number of nitrogens with one attached hydrogen (secondary N) is 1. The van der Waals surface area contributed by atoms with Crippen molar-refractivity contribution in [3.63, 3.8) is 0 Å². The number of rotatable bonds is 6. The molecule has 1 aromatic carbocycles. The predicted molar refractivity (Wildman–Crippen MR) is 86.3 cm³/mol. The summed E-state index contributed by atoms with van der Waals surface area (Å²) in [6.07, 6.45) is 0. The molecule has 3 N–H and O–H groups in total. The lowest BCUT2D eigenvalue weighted by Crippen LogP contribution is -2.37. The molecule has 106 valence electrons. The average molecular weight is 306 g/mol. The van der Waals surface area contributed by atoms with Gasteiger partial charge in [0.2, 0.25) is 0 Å². The Morgan fingerprint density at radius 2 is 2.15 bits per heavy atom. The number of carbonyl (C=O) groups is 1. The molecule has 0 aliphatic rings. The molecule has 1 atom stereocenters. The minimum absolute atomic E-state index is 0.0159. The number of thioether (sulfide) groups is 1. The summed E-state index contributed by atoms with van der Waals surface area (Å²) < 4.78 is 0. The summed E-state index contributed by atoms with van der Waals surface area (Å²) in [5, 5.41) is 4.97. The molecule has 2 aromatic rings. The second kappa shape index (κ2) is 7.47. The van der Waals surface area contributed by atoms with Gasteiger partial charge in [0.05, 0.1) is 5.56 Å². The lowest BCUT2D eigenvalue weighted by Gasteiger charge is -2.13. The van der Waals surface area contributed by atoms with E-state index < -0.39 is 0 Å². The minimum Gasteiger partial charge on any atom is -0.348 e. The minimum atomic E-state index is -0.0581. The summed E-state index contributed by atoms with van der Waals surface area (Å²) in [6, 6.07) is 11.8. The van der Waals surface area contributed by atoms with E-state index in [1.165, 1.54) is 4.88 Å². The molecule has 0 radical (unpaired) electrons. The van der Waals surface area contributed by atoms with Gasteiger partial charge in [0.15, 0.2) is 0 Å². The first-order valence-corrected chi connectivity index (χ1v) is 8.32. The van der Waals surface area contributed by atoms with Crippen molar-refractivity contribution < 1.29 is 4.79 Å². The Kier molecular flexibility index (Phi) is 5.64. The molecule has 0 aliphatic heterocycles. The van der Waals surface area contributed by atoms with E-state index in [0.717, 1.165) is 10.6 Å². The third kappa shape index (κ3) is 4.10. The Hall–Kier alpha value is -1.30. The quantitative estimate of drug-likeness (QED) is 0.806. The molecule has 20 heavy (non-hydrogen) atoms. The van der Waals surface area contributed by atoms with Gasteiger partial charge in [-0.15, -0.1) is 23.1 Å². The summed E-state index contributed by atoms with van der Waals surface area (Å²) in [5.74, 6) is 0.825. The molecule has 0 saturated heterocycles. The Labute approximate surface area is 127 Å².